The van der Waals surface area contributed by atoms with Crippen LogP contribution in [0.2, 0.25) is 0 Å². The van der Waals surface area contributed by atoms with Crippen LogP contribution < -0.4 is 31.3 Å². The maximum Gasteiger partial charge on any atom is 0.514 e. The first-order valence-electron chi connectivity index (χ1n) is 19.5. The molecule has 0 bridgehead atoms. The smallest absolute Gasteiger partial charge is 0.429 e. The number of hydrogen-bond donors (Lipinski definition) is 5. The molecule has 1 aliphatic heterocycles. The van der Waals surface area contributed by atoms with E-state index in [4.69, 9.17) is 9.47 Å². The van der Waals surface area contributed by atoms with Gasteiger partial charge >= 0.3 is 6.16 Å². The van der Waals surface area contributed by atoms with Gasteiger partial charge in [0.05, 0.1) is 24.6 Å². The van der Waals surface area contributed by atoms with E-state index in [-0.39, 0.29) is 42.8 Å². The molecule has 1 atom stereocenters. The van der Waals surface area contributed by atoms with Gasteiger partial charge in [0, 0.05) is 48.4 Å². The minimum atomic E-state index is -1.12. The summed E-state index contributed by atoms with van der Waals surface area (Å²) in [5, 5.41) is 23.5. The monoisotopic (exact) mass is 855 g/mol. The van der Waals surface area contributed by atoms with Gasteiger partial charge in [0.15, 0.2) is 0 Å². The Kier molecular flexibility index (Phi) is 16.5. The highest BCUT2D eigenvalue weighted by atomic mass is 16.7. The molecule has 19 nitrogen and oxygen atoms in total. The van der Waals surface area contributed by atoms with Gasteiger partial charge in [0.2, 0.25) is 29.5 Å². The molecule has 3 aromatic rings. The predicted molar refractivity (Wildman–Crippen MR) is 223 cm³/mol. The average molecular weight is 856 g/mol. The van der Waals surface area contributed by atoms with Gasteiger partial charge in [0.1, 0.15) is 18.4 Å². The highest BCUT2D eigenvalue weighted by Gasteiger charge is 2.34. The normalized spacial score (nSPS) is 12.8. The zero-order valence-electron chi connectivity index (χ0n) is 34.7. The molecular formula is C43H49N7O12. The molecule has 5 N–H and O–H groups in total. The molecule has 0 saturated carbocycles. The van der Waals surface area contributed by atoms with Gasteiger partial charge in [-0.15, -0.1) is 0 Å². The molecular weight excluding hydrogens is 807 g/mol. The lowest BCUT2D eigenvalue weighted by molar-refractivity contribution is -0.384. The fourth-order valence-electron chi connectivity index (χ4n) is 5.89. The number of carbonyl (C=O) groups excluding carboxylic acids is 8. The van der Waals surface area contributed by atoms with E-state index in [1.807, 2.05) is 13.8 Å². The summed E-state index contributed by atoms with van der Waals surface area (Å²) in [5.74, 6) is -3.68. The Bertz CT molecular complexity index is 2150. The Balaban J connectivity index is 1.19. The van der Waals surface area contributed by atoms with Crippen LogP contribution in [0.5, 0.6) is 5.75 Å². The molecule has 0 saturated heterocycles. The van der Waals surface area contributed by atoms with Crippen molar-refractivity contribution >= 4 is 58.9 Å². The third-order valence-electron chi connectivity index (χ3n) is 9.58. The van der Waals surface area contributed by atoms with Crippen molar-refractivity contribution in [1.29, 1.82) is 0 Å². The molecule has 0 aromatic heterocycles. The number of nitro groups is 1. The molecule has 62 heavy (non-hydrogen) atoms. The highest BCUT2D eigenvalue weighted by molar-refractivity contribution is 6.12. The molecule has 0 fully saturated rings. The molecule has 7 amide bonds. The number of carbonyl (C=O) groups is 8. The van der Waals surface area contributed by atoms with Crippen LogP contribution in [0.25, 0.3) is 0 Å². The summed E-state index contributed by atoms with van der Waals surface area (Å²) < 4.78 is 10.1. The van der Waals surface area contributed by atoms with Gasteiger partial charge in [-0.3, -0.25) is 48.6 Å². The number of nitrogens with zero attached hydrogens (tertiary/aromatic N) is 2. The summed E-state index contributed by atoms with van der Waals surface area (Å²) in [5.41, 5.74) is 0.107. The zero-order valence-corrected chi connectivity index (χ0v) is 34.7. The fourth-order valence-corrected chi connectivity index (χ4v) is 5.89. The summed E-state index contributed by atoms with van der Waals surface area (Å²) >= 11 is 0. The van der Waals surface area contributed by atoms with Crippen LogP contribution in [-0.4, -0.2) is 89.5 Å². The largest absolute Gasteiger partial charge is 0.514 e. The van der Waals surface area contributed by atoms with Gasteiger partial charge in [-0.25, -0.2) is 4.79 Å². The minimum absolute atomic E-state index is 0.0609. The summed E-state index contributed by atoms with van der Waals surface area (Å²) in [4.78, 5) is 112. The van der Waals surface area contributed by atoms with Crippen molar-refractivity contribution < 1.29 is 52.8 Å². The third kappa shape index (κ3) is 15.3. The molecule has 3 aromatic carbocycles. The number of benzene rings is 3. The first kappa shape index (κ1) is 47.2. The van der Waals surface area contributed by atoms with Gasteiger partial charge < -0.3 is 36.1 Å². The first-order chi connectivity index (χ1) is 29.3. The van der Waals surface area contributed by atoms with Crippen molar-refractivity contribution in [2.45, 2.75) is 59.6 Å². The van der Waals surface area contributed by atoms with Crippen molar-refractivity contribution in [3.05, 3.63) is 112 Å². The second-order valence-corrected chi connectivity index (χ2v) is 15.8. The van der Waals surface area contributed by atoms with E-state index in [2.05, 4.69) is 26.6 Å². The maximum absolute atomic E-state index is 13.3. The van der Waals surface area contributed by atoms with Crippen LogP contribution in [-0.2, 0) is 51.3 Å². The summed E-state index contributed by atoms with van der Waals surface area (Å²) in [6.45, 7) is 5.88. The molecule has 1 aliphatic rings. The quantitative estimate of drug-likeness (QED) is 0.0341. The van der Waals surface area contributed by atoms with E-state index in [9.17, 15) is 48.5 Å². The Labute approximate surface area is 357 Å². The SMILES string of the molecule is CC(C)(CCC(C)(C)C(=O)NCC(=O)NCC(=O)NC(Cc1ccccc1)C(=O)NCC(=O)Nc1ccc(COC(=O)Oc2ccc([N+](=O)[O-])cc2)cc1)CN1C(=O)C=CC1=O. The Morgan fingerprint density at radius 3 is 1.97 bits per heavy atom. The lowest BCUT2D eigenvalue weighted by Crippen LogP contribution is -2.52. The molecule has 328 valence electrons. The van der Waals surface area contributed by atoms with Crippen LogP contribution in [0.3, 0.4) is 0 Å². The van der Waals surface area contributed by atoms with Crippen LogP contribution in [0.1, 0.15) is 51.7 Å². The van der Waals surface area contributed by atoms with E-state index in [1.54, 1.807) is 68.4 Å². The van der Waals surface area contributed by atoms with Gasteiger partial charge in [0.25, 0.3) is 17.5 Å². The summed E-state index contributed by atoms with van der Waals surface area (Å²) in [6.07, 6.45) is 2.39. The number of nitro benzene ring substituents is 1. The van der Waals surface area contributed by atoms with Crippen LogP contribution in [0.15, 0.2) is 91.0 Å². The van der Waals surface area contributed by atoms with E-state index < -0.39 is 77.1 Å². The van der Waals surface area contributed by atoms with Gasteiger partial charge in [-0.05, 0) is 53.6 Å². The summed E-state index contributed by atoms with van der Waals surface area (Å²) in [6, 6.07) is 18.8. The van der Waals surface area contributed by atoms with E-state index >= 15 is 0 Å². The predicted octanol–water partition coefficient (Wildman–Crippen LogP) is 3.08. The van der Waals surface area contributed by atoms with Crippen molar-refractivity contribution in [2.24, 2.45) is 10.8 Å². The summed E-state index contributed by atoms with van der Waals surface area (Å²) in [7, 11) is 0. The zero-order chi connectivity index (χ0) is 45.5. The Hall–Kier alpha value is -7.44. The molecule has 1 unspecified atom stereocenters. The fraction of sp³-hybridized carbons (Fsp3) is 0.349. The maximum atomic E-state index is 13.3. The van der Waals surface area contributed by atoms with Gasteiger partial charge in [-0.1, -0.05) is 70.2 Å². The number of nitrogens with one attached hydrogen (secondary N) is 5. The van der Waals surface area contributed by atoms with Crippen LogP contribution >= 0.6 is 0 Å². The first-order valence-corrected chi connectivity index (χ1v) is 19.5. The number of non-ortho nitro benzene ring substituents is 1. The molecule has 1 heterocycles. The van der Waals surface area contributed by atoms with Gasteiger partial charge in [-0.2, -0.15) is 0 Å². The number of anilines is 1. The Morgan fingerprint density at radius 2 is 1.34 bits per heavy atom. The number of hydrogen-bond acceptors (Lipinski definition) is 12. The van der Waals surface area contributed by atoms with E-state index in [1.165, 1.54) is 36.4 Å². The number of ether oxygens (including phenoxy) is 2. The minimum Gasteiger partial charge on any atom is -0.429 e. The molecule has 4 rings (SSSR count). The molecule has 0 spiro atoms. The van der Waals surface area contributed by atoms with Crippen molar-refractivity contribution in [2.75, 3.05) is 31.5 Å². The molecule has 19 heteroatoms. The second-order valence-electron chi connectivity index (χ2n) is 15.8. The number of amides is 7. The topological polar surface area (TPSA) is 262 Å². The van der Waals surface area contributed by atoms with Crippen LogP contribution in [0.4, 0.5) is 16.2 Å². The number of imide groups is 1. The van der Waals surface area contributed by atoms with E-state index in [0.717, 1.165) is 4.90 Å². The average Bonchev–Trinajstić information content (AvgIpc) is 3.55. The van der Waals surface area contributed by atoms with E-state index in [0.29, 0.717) is 29.7 Å². The molecule has 0 aliphatic carbocycles. The third-order valence-corrected chi connectivity index (χ3v) is 9.58. The second kappa shape index (κ2) is 21.7. The highest BCUT2D eigenvalue weighted by Crippen LogP contribution is 2.32. The molecule has 0 radical (unpaired) electrons. The standard InChI is InChI=1S/C43H49N7O12/c1-42(2,27-49-37(54)18-19-38(49)55)20-21-43(3,4)40(57)46-23-34(51)44-24-36(53)48-33(22-28-8-6-5-7-9-28)39(56)45-25-35(52)47-30-12-10-29(11-13-30)26-61-41(58)62-32-16-14-31(15-17-32)50(59)60/h5-19,33H,20-27H2,1-4H3,(H,44,51)(H,45,56)(H,46,57)(H,47,52)(H,48,53). The van der Waals surface area contributed by atoms with Crippen molar-refractivity contribution in [3.8, 4) is 5.75 Å². The van der Waals surface area contributed by atoms with Crippen LogP contribution in [0, 0.1) is 20.9 Å². The number of rotatable bonds is 21. The van der Waals surface area contributed by atoms with Crippen molar-refractivity contribution in [1.82, 2.24) is 26.2 Å². The lowest BCUT2D eigenvalue weighted by Gasteiger charge is -2.32. The Morgan fingerprint density at radius 1 is 0.726 bits per heavy atom. The lowest BCUT2D eigenvalue weighted by atomic mass is 9.78. The van der Waals surface area contributed by atoms with Crippen molar-refractivity contribution in [3.63, 3.8) is 0 Å².